The lowest BCUT2D eigenvalue weighted by Gasteiger charge is -2.33. The molecule has 1 spiro atoms. The van der Waals surface area contributed by atoms with Gasteiger partial charge in [-0.05, 0) is 36.8 Å². The van der Waals surface area contributed by atoms with Crippen molar-refractivity contribution in [2.75, 3.05) is 27.3 Å². The first-order valence-corrected chi connectivity index (χ1v) is 7.75. The first-order valence-electron chi connectivity index (χ1n) is 7.75. The maximum absolute atomic E-state index is 12.7. The van der Waals surface area contributed by atoms with Crippen LogP contribution in [-0.2, 0) is 4.79 Å². The van der Waals surface area contributed by atoms with E-state index in [4.69, 9.17) is 14.6 Å². The quantitative estimate of drug-likeness (QED) is 0.919. The molecular formula is C17H21NO5. The van der Waals surface area contributed by atoms with E-state index in [1.165, 1.54) is 7.11 Å². The van der Waals surface area contributed by atoms with Crippen molar-refractivity contribution in [3.05, 3.63) is 23.8 Å². The second kappa shape index (κ2) is 5.76. The second-order valence-electron chi connectivity index (χ2n) is 6.32. The highest BCUT2D eigenvalue weighted by atomic mass is 16.5. The van der Waals surface area contributed by atoms with Crippen LogP contribution in [0.15, 0.2) is 18.2 Å². The van der Waals surface area contributed by atoms with Crippen molar-refractivity contribution in [1.82, 2.24) is 4.90 Å². The maximum atomic E-state index is 12.7. The third kappa shape index (κ3) is 2.73. The van der Waals surface area contributed by atoms with Crippen molar-refractivity contribution in [2.24, 2.45) is 11.3 Å². The lowest BCUT2D eigenvalue weighted by molar-refractivity contribution is -0.139. The normalized spacial score (nSPS) is 21.8. The summed E-state index contributed by atoms with van der Waals surface area (Å²) in [5.41, 5.74) is 0.432. The molecule has 1 unspecified atom stereocenters. The maximum Gasteiger partial charge on any atom is 0.307 e. The number of carboxylic acids is 1. The highest BCUT2D eigenvalue weighted by Gasteiger charge is 2.59. The molecule has 1 saturated heterocycles. The van der Waals surface area contributed by atoms with Gasteiger partial charge in [0.1, 0.15) is 11.5 Å². The Hall–Kier alpha value is -2.24. The molecule has 1 aliphatic heterocycles. The standard InChI is InChI=1S/C17H21NO5/c1-22-11-3-4-12(14(9-11)23-2)15(19)18-7-5-17(6-8-18)10-13(17)16(20)21/h3-4,9,13H,5-8,10H2,1-2H3,(H,20,21). The van der Waals surface area contributed by atoms with Crippen LogP contribution in [-0.4, -0.2) is 49.2 Å². The average molecular weight is 319 g/mol. The summed E-state index contributed by atoms with van der Waals surface area (Å²) in [6.45, 7) is 1.19. The Kier molecular flexibility index (Phi) is 3.92. The first kappa shape index (κ1) is 15.6. The van der Waals surface area contributed by atoms with Gasteiger partial charge in [-0.15, -0.1) is 0 Å². The fourth-order valence-corrected chi connectivity index (χ4v) is 3.55. The van der Waals surface area contributed by atoms with Crippen LogP contribution in [0.5, 0.6) is 11.5 Å². The number of nitrogens with zero attached hydrogens (tertiary/aromatic N) is 1. The number of carboxylic acid groups (broad SMARTS) is 1. The molecule has 3 rings (SSSR count). The van der Waals surface area contributed by atoms with Crippen LogP contribution < -0.4 is 9.47 Å². The minimum atomic E-state index is -0.707. The fraction of sp³-hybridized carbons (Fsp3) is 0.529. The zero-order valence-corrected chi connectivity index (χ0v) is 13.4. The summed E-state index contributed by atoms with van der Waals surface area (Å²) in [5.74, 6) is 0.117. The highest BCUT2D eigenvalue weighted by Crippen LogP contribution is 2.59. The number of carbonyl (C=O) groups is 2. The number of hydrogen-bond donors (Lipinski definition) is 1. The molecule has 6 nitrogen and oxygen atoms in total. The predicted molar refractivity (Wildman–Crippen MR) is 82.9 cm³/mol. The molecule has 23 heavy (non-hydrogen) atoms. The largest absolute Gasteiger partial charge is 0.497 e. The summed E-state index contributed by atoms with van der Waals surface area (Å²) in [6, 6.07) is 5.14. The molecule has 1 amide bonds. The van der Waals surface area contributed by atoms with Crippen LogP contribution in [0.2, 0.25) is 0 Å². The third-order valence-corrected chi connectivity index (χ3v) is 5.17. The van der Waals surface area contributed by atoms with Gasteiger partial charge in [-0.25, -0.2) is 0 Å². The van der Waals surface area contributed by atoms with Crippen molar-refractivity contribution < 1.29 is 24.2 Å². The summed E-state index contributed by atoms with van der Waals surface area (Å²) < 4.78 is 10.4. The van der Waals surface area contributed by atoms with Crippen molar-refractivity contribution in [1.29, 1.82) is 0 Å². The third-order valence-electron chi connectivity index (χ3n) is 5.17. The molecule has 1 atom stereocenters. The number of rotatable bonds is 4. The van der Waals surface area contributed by atoms with E-state index < -0.39 is 5.97 Å². The van der Waals surface area contributed by atoms with Gasteiger partial charge in [-0.1, -0.05) is 0 Å². The monoisotopic (exact) mass is 319 g/mol. The van der Waals surface area contributed by atoms with Crippen LogP contribution in [0.3, 0.4) is 0 Å². The Bertz CT molecular complexity index is 634. The number of likely N-dealkylation sites (tertiary alicyclic amines) is 1. The molecule has 2 fully saturated rings. The van der Waals surface area contributed by atoms with Crippen LogP contribution >= 0.6 is 0 Å². The molecule has 124 valence electrons. The van der Waals surface area contributed by atoms with E-state index in [0.717, 1.165) is 19.3 Å². The zero-order chi connectivity index (χ0) is 16.6. The molecule has 1 aliphatic carbocycles. The molecule has 1 aromatic rings. The first-order chi connectivity index (χ1) is 11.0. The molecule has 2 aliphatic rings. The SMILES string of the molecule is COc1ccc(C(=O)N2CCC3(CC2)CC3C(=O)O)c(OC)c1. The molecule has 1 heterocycles. The Labute approximate surface area is 135 Å². The van der Waals surface area contributed by atoms with Gasteiger partial charge < -0.3 is 19.5 Å². The van der Waals surface area contributed by atoms with E-state index >= 15 is 0 Å². The van der Waals surface area contributed by atoms with E-state index in [-0.39, 0.29) is 17.2 Å². The molecule has 6 heteroatoms. The van der Waals surface area contributed by atoms with Crippen molar-refractivity contribution >= 4 is 11.9 Å². The van der Waals surface area contributed by atoms with Crippen LogP contribution in [0.4, 0.5) is 0 Å². The minimum absolute atomic E-state index is 0.0768. The number of carbonyl (C=O) groups excluding carboxylic acids is 1. The summed E-state index contributed by atoms with van der Waals surface area (Å²) in [4.78, 5) is 25.6. The number of methoxy groups -OCH3 is 2. The summed E-state index contributed by atoms with van der Waals surface area (Å²) in [7, 11) is 3.09. The average Bonchev–Trinajstić information content (AvgIpc) is 3.28. The van der Waals surface area contributed by atoms with Crippen molar-refractivity contribution in [2.45, 2.75) is 19.3 Å². The molecule has 1 saturated carbocycles. The van der Waals surface area contributed by atoms with E-state index in [0.29, 0.717) is 30.2 Å². The van der Waals surface area contributed by atoms with E-state index in [1.807, 2.05) is 0 Å². The van der Waals surface area contributed by atoms with Gasteiger partial charge in [0.05, 0.1) is 25.7 Å². The Morgan fingerprint density at radius 3 is 2.43 bits per heavy atom. The zero-order valence-electron chi connectivity index (χ0n) is 13.4. The number of aliphatic carboxylic acids is 1. The summed E-state index contributed by atoms with van der Waals surface area (Å²) in [6.07, 6.45) is 2.26. The predicted octanol–water partition coefficient (Wildman–Crippen LogP) is 2.03. The van der Waals surface area contributed by atoms with Crippen LogP contribution in [0, 0.1) is 11.3 Å². The molecule has 1 aromatic carbocycles. The second-order valence-corrected chi connectivity index (χ2v) is 6.32. The van der Waals surface area contributed by atoms with Crippen LogP contribution in [0.1, 0.15) is 29.6 Å². The van der Waals surface area contributed by atoms with Gasteiger partial charge in [0.2, 0.25) is 0 Å². The fourth-order valence-electron chi connectivity index (χ4n) is 3.55. The van der Waals surface area contributed by atoms with Crippen molar-refractivity contribution in [3.8, 4) is 11.5 Å². The van der Waals surface area contributed by atoms with E-state index in [9.17, 15) is 9.59 Å². The summed E-state index contributed by atoms with van der Waals surface area (Å²) in [5, 5.41) is 9.13. The lowest BCUT2D eigenvalue weighted by atomic mass is 9.90. The van der Waals surface area contributed by atoms with Gasteiger partial charge in [0.15, 0.2) is 0 Å². The van der Waals surface area contributed by atoms with Crippen LogP contribution in [0.25, 0.3) is 0 Å². The smallest absolute Gasteiger partial charge is 0.307 e. The van der Waals surface area contributed by atoms with Gasteiger partial charge in [-0.2, -0.15) is 0 Å². The Morgan fingerprint density at radius 2 is 1.91 bits per heavy atom. The molecule has 0 radical (unpaired) electrons. The molecular weight excluding hydrogens is 298 g/mol. The number of amides is 1. The number of ether oxygens (including phenoxy) is 2. The Balaban J connectivity index is 1.70. The number of benzene rings is 1. The lowest BCUT2D eigenvalue weighted by Crippen LogP contribution is -2.40. The minimum Gasteiger partial charge on any atom is -0.497 e. The molecule has 0 bridgehead atoms. The van der Waals surface area contributed by atoms with E-state index in [1.54, 1.807) is 30.2 Å². The topological polar surface area (TPSA) is 76.1 Å². The van der Waals surface area contributed by atoms with Crippen molar-refractivity contribution in [3.63, 3.8) is 0 Å². The highest BCUT2D eigenvalue weighted by molar-refractivity contribution is 5.97. The molecule has 1 N–H and O–H groups in total. The van der Waals surface area contributed by atoms with E-state index in [2.05, 4.69) is 0 Å². The van der Waals surface area contributed by atoms with Gasteiger partial charge in [-0.3, -0.25) is 9.59 Å². The summed E-state index contributed by atoms with van der Waals surface area (Å²) >= 11 is 0. The Morgan fingerprint density at radius 1 is 1.22 bits per heavy atom. The van der Waals surface area contributed by atoms with Gasteiger partial charge >= 0.3 is 5.97 Å². The number of hydrogen-bond acceptors (Lipinski definition) is 4. The van der Waals surface area contributed by atoms with Gasteiger partial charge in [0.25, 0.3) is 5.91 Å². The molecule has 0 aromatic heterocycles. The number of piperidine rings is 1. The van der Waals surface area contributed by atoms with Gasteiger partial charge in [0, 0.05) is 19.2 Å².